The summed E-state index contributed by atoms with van der Waals surface area (Å²) in [6, 6.07) is 9.66. The van der Waals surface area contributed by atoms with Crippen LogP contribution in [0.2, 0.25) is 0 Å². The summed E-state index contributed by atoms with van der Waals surface area (Å²) < 4.78 is 1.65. The van der Waals surface area contributed by atoms with Crippen LogP contribution in [-0.4, -0.2) is 15.3 Å². The summed E-state index contributed by atoms with van der Waals surface area (Å²) in [7, 11) is 0. The number of benzene rings is 1. The number of hydrogen-bond donors (Lipinski definition) is 0. The van der Waals surface area contributed by atoms with Crippen LogP contribution < -0.4 is 5.56 Å². The molecule has 2 aromatic rings. The van der Waals surface area contributed by atoms with Crippen molar-refractivity contribution in [1.82, 2.24) is 9.55 Å². The Morgan fingerprint density at radius 2 is 2.06 bits per heavy atom. The van der Waals surface area contributed by atoms with Crippen molar-refractivity contribution in [2.75, 3.05) is 5.75 Å². The van der Waals surface area contributed by atoms with Crippen molar-refractivity contribution in [3.05, 3.63) is 53.1 Å². The summed E-state index contributed by atoms with van der Waals surface area (Å²) in [5, 5.41) is 0.605. The van der Waals surface area contributed by atoms with E-state index < -0.39 is 0 Å². The first-order valence-electron chi connectivity index (χ1n) is 6.10. The molecule has 0 amide bonds. The van der Waals surface area contributed by atoms with E-state index in [0.717, 1.165) is 17.4 Å². The number of rotatable bonds is 4. The van der Waals surface area contributed by atoms with Crippen LogP contribution >= 0.6 is 11.8 Å². The second kappa shape index (κ2) is 4.98. The molecule has 1 aliphatic carbocycles. The van der Waals surface area contributed by atoms with Gasteiger partial charge < -0.3 is 0 Å². The number of thioether (sulfide) groups is 1. The number of aromatic nitrogens is 2. The third-order valence-corrected chi connectivity index (χ3v) is 4.19. The fourth-order valence-electron chi connectivity index (χ4n) is 1.77. The lowest BCUT2D eigenvalue weighted by molar-refractivity contribution is 0.879. The molecule has 1 saturated carbocycles. The maximum atomic E-state index is 12.3. The maximum Gasteiger partial charge on any atom is 0.287 e. The van der Waals surface area contributed by atoms with Crippen molar-refractivity contribution in [3.8, 4) is 5.69 Å². The standard InChI is InChI=1S/C14H14N2OS/c17-14-13(18-10-11-6-7-11)15-8-9-16(14)12-4-2-1-3-5-12/h1-5,8-9,11H,6-7,10H2. The van der Waals surface area contributed by atoms with Gasteiger partial charge in [0.05, 0.1) is 0 Å². The van der Waals surface area contributed by atoms with Gasteiger partial charge >= 0.3 is 0 Å². The van der Waals surface area contributed by atoms with E-state index in [0.29, 0.717) is 5.03 Å². The summed E-state index contributed by atoms with van der Waals surface area (Å²) in [6.07, 6.45) is 6.02. The minimum Gasteiger partial charge on any atom is -0.280 e. The summed E-state index contributed by atoms with van der Waals surface area (Å²) in [6.45, 7) is 0. The molecule has 1 fully saturated rings. The molecule has 0 saturated heterocycles. The summed E-state index contributed by atoms with van der Waals surface area (Å²) >= 11 is 1.58. The maximum absolute atomic E-state index is 12.3. The fraction of sp³-hybridized carbons (Fsp3) is 0.286. The smallest absolute Gasteiger partial charge is 0.280 e. The van der Waals surface area contributed by atoms with Gasteiger partial charge in [-0.15, -0.1) is 11.8 Å². The predicted molar refractivity (Wildman–Crippen MR) is 73.3 cm³/mol. The first kappa shape index (κ1) is 11.5. The molecule has 3 rings (SSSR count). The molecule has 1 aromatic carbocycles. The molecule has 0 aliphatic heterocycles. The molecule has 1 aromatic heterocycles. The van der Waals surface area contributed by atoms with E-state index in [9.17, 15) is 4.79 Å². The lowest BCUT2D eigenvalue weighted by Gasteiger charge is -2.06. The Hall–Kier alpha value is -1.55. The van der Waals surface area contributed by atoms with Crippen molar-refractivity contribution >= 4 is 11.8 Å². The predicted octanol–water partition coefficient (Wildman–Crippen LogP) is 2.73. The van der Waals surface area contributed by atoms with Gasteiger partial charge in [0.15, 0.2) is 5.03 Å². The average molecular weight is 258 g/mol. The second-order valence-corrected chi connectivity index (χ2v) is 5.51. The monoisotopic (exact) mass is 258 g/mol. The van der Waals surface area contributed by atoms with Crippen molar-refractivity contribution in [3.63, 3.8) is 0 Å². The van der Waals surface area contributed by atoms with Crippen LogP contribution in [0, 0.1) is 5.92 Å². The lowest BCUT2D eigenvalue weighted by Crippen LogP contribution is -2.20. The van der Waals surface area contributed by atoms with Crippen LogP contribution in [0.15, 0.2) is 52.5 Å². The van der Waals surface area contributed by atoms with E-state index in [1.54, 1.807) is 28.7 Å². The zero-order valence-electron chi connectivity index (χ0n) is 9.95. The van der Waals surface area contributed by atoms with Gasteiger partial charge in [0, 0.05) is 23.8 Å². The molecule has 18 heavy (non-hydrogen) atoms. The molecule has 1 heterocycles. The molecule has 3 nitrogen and oxygen atoms in total. The van der Waals surface area contributed by atoms with E-state index in [1.807, 2.05) is 30.3 Å². The number of hydrogen-bond acceptors (Lipinski definition) is 3. The number of nitrogens with zero attached hydrogens (tertiary/aromatic N) is 2. The van der Waals surface area contributed by atoms with Gasteiger partial charge in [0.2, 0.25) is 0 Å². The zero-order chi connectivity index (χ0) is 12.4. The molecule has 1 aliphatic rings. The van der Waals surface area contributed by atoms with E-state index in [1.165, 1.54) is 12.8 Å². The average Bonchev–Trinajstić information content (AvgIpc) is 3.23. The van der Waals surface area contributed by atoms with E-state index in [4.69, 9.17) is 0 Å². The molecule has 0 unspecified atom stereocenters. The van der Waals surface area contributed by atoms with Gasteiger partial charge in [-0.05, 0) is 30.9 Å². The Bertz CT molecular complexity index is 590. The first-order chi connectivity index (χ1) is 8.84. The van der Waals surface area contributed by atoms with Crippen molar-refractivity contribution in [2.24, 2.45) is 5.92 Å². The fourth-order valence-corrected chi connectivity index (χ4v) is 2.85. The summed E-state index contributed by atoms with van der Waals surface area (Å²) in [5.41, 5.74) is 0.868. The lowest BCUT2D eigenvalue weighted by atomic mass is 10.3. The van der Waals surface area contributed by atoms with Gasteiger partial charge in [-0.1, -0.05) is 18.2 Å². The van der Waals surface area contributed by atoms with E-state index >= 15 is 0 Å². The van der Waals surface area contributed by atoms with Crippen molar-refractivity contribution < 1.29 is 0 Å². The van der Waals surface area contributed by atoms with Crippen LogP contribution in [0.25, 0.3) is 5.69 Å². The minimum absolute atomic E-state index is 0.0191. The second-order valence-electron chi connectivity index (χ2n) is 4.50. The van der Waals surface area contributed by atoms with Gasteiger partial charge in [0.25, 0.3) is 5.56 Å². The highest BCUT2D eigenvalue weighted by molar-refractivity contribution is 7.99. The highest BCUT2D eigenvalue weighted by Crippen LogP contribution is 2.33. The van der Waals surface area contributed by atoms with Crippen molar-refractivity contribution in [2.45, 2.75) is 17.9 Å². The Balaban J connectivity index is 1.90. The SMILES string of the molecule is O=c1c(SCC2CC2)nccn1-c1ccccc1. The minimum atomic E-state index is -0.0191. The molecule has 0 N–H and O–H groups in total. The Morgan fingerprint density at radius 3 is 2.78 bits per heavy atom. The summed E-state index contributed by atoms with van der Waals surface area (Å²) in [4.78, 5) is 16.5. The normalized spacial score (nSPS) is 14.7. The van der Waals surface area contributed by atoms with Gasteiger partial charge in [-0.3, -0.25) is 9.36 Å². The molecule has 0 spiro atoms. The third-order valence-electron chi connectivity index (χ3n) is 3.00. The van der Waals surface area contributed by atoms with Gasteiger partial charge in [-0.25, -0.2) is 4.98 Å². The Labute approximate surface area is 110 Å². The molecule has 0 bridgehead atoms. The molecule has 4 heteroatoms. The highest BCUT2D eigenvalue weighted by Gasteiger charge is 2.22. The molecule has 0 atom stereocenters. The van der Waals surface area contributed by atoms with Crippen LogP contribution in [0.1, 0.15) is 12.8 Å². The van der Waals surface area contributed by atoms with Crippen LogP contribution in [0.3, 0.4) is 0 Å². The van der Waals surface area contributed by atoms with Crippen LogP contribution in [0.5, 0.6) is 0 Å². The van der Waals surface area contributed by atoms with E-state index in [2.05, 4.69) is 4.98 Å². The quantitative estimate of drug-likeness (QED) is 0.791. The molecular weight excluding hydrogens is 244 g/mol. The number of para-hydroxylation sites is 1. The molecular formula is C14H14N2OS. The topological polar surface area (TPSA) is 34.9 Å². The van der Waals surface area contributed by atoms with E-state index in [-0.39, 0.29) is 5.56 Å². The van der Waals surface area contributed by atoms with Crippen molar-refractivity contribution in [1.29, 1.82) is 0 Å². The van der Waals surface area contributed by atoms with Crippen LogP contribution in [0.4, 0.5) is 0 Å². The highest BCUT2D eigenvalue weighted by atomic mass is 32.2. The molecule has 92 valence electrons. The zero-order valence-corrected chi connectivity index (χ0v) is 10.8. The Kier molecular flexibility index (Phi) is 3.19. The first-order valence-corrected chi connectivity index (χ1v) is 7.09. The summed E-state index contributed by atoms with van der Waals surface area (Å²) in [5.74, 6) is 1.81. The van der Waals surface area contributed by atoms with Gasteiger partial charge in [-0.2, -0.15) is 0 Å². The third kappa shape index (κ3) is 2.48. The van der Waals surface area contributed by atoms with Crippen LogP contribution in [-0.2, 0) is 0 Å². The molecule has 0 radical (unpaired) electrons. The van der Waals surface area contributed by atoms with Gasteiger partial charge in [0.1, 0.15) is 0 Å². The largest absolute Gasteiger partial charge is 0.287 e. The Morgan fingerprint density at radius 1 is 1.28 bits per heavy atom.